The summed E-state index contributed by atoms with van der Waals surface area (Å²) in [5, 5.41) is 8.91. The molecule has 0 spiro atoms. The Kier molecular flexibility index (Phi) is 4.74. The minimum atomic E-state index is -0.775. The van der Waals surface area contributed by atoms with Crippen molar-refractivity contribution in [2.75, 3.05) is 19.8 Å². The van der Waals surface area contributed by atoms with E-state index in [0.717, 1.165) is 17.6 Å². The molecule has 1 heterocycles. The first-order valence-electron chi connectivity index (χ1n) is 5.94. The number of benzene rings is 1. The molecule has 1 unspecified atom stereocenters. The number of ether oxygens (including phenoxy) is 1. The van der Waals surface area contributed by atoms with E-state index in [1.165, 1.54) is 5.56 Å². The van der Waals surface area contributed by atoms with Crippen LogP contribution in [0.3, 0.4) is 0 Å². The molecule has 0 bridgehead atoms. The number of morpholine rings is 1. The fourth-order valence-corrected chi connectivity index (χ4v) is 2.54. The molecule has 0 amide bonds. The highest BCUT2D eigenvalue weighted by molar-refractivity contribution is 9.10. The predicted molar refractivity (Wildman–Crippen MR) is 71.4 cm³/mol. The molecule has 2 rings (SSSR count). The van der Waals surface area contributed by atoms with E-state index in [1.807, 2.05) is 18.2 Å². The minimum absolute atomic E-state index is 0.0386. The van der Waals surface area contributed by atoms with Crippen molar-refractivity contribution in [2.24, 2.45) is 0 Å². The van der Waals surface area contributed by atoms with Gasteiger partial charge in [-0.1, -0.05) is 34.1 Å². The highest BCUT2D eigenvalue weighted by atomic mass is 79.9. The van der Waals surface area contributed by atoms with Gasteiger partial charge in [-0.2, -0.15) is 0 Å². The molecule has 0 radical (unpaired) electrons. The number of carboxylic acids is 1. The van der Waals surface area contributed by atoms with Crippen molar-refractivity contribution in [2.45, 2.75) is 19.0 Å². The van der Waals surface area contributed by atoms with Crippen molar-refractivity contribution in [3.8, 4) is 0 Å². The van der Waals surface area contributed by atoms with Crippen LogP contribution in [0.15, 0.2) is 28.7 Å². The zero-order chi connectivity index (χ0) is 13.0. The number of carboxylic acid groups (broad SMARTS) is 1. The van der Waals surface area contributed by atoms with Crippen molar-refractivity contribution < 1.29 is 14.6 Å². The Balaban J connectivity index is 2.05. The Morgan fingerprint density at radius 3 is 3.00 bits per heavy atom. The smallest absolute Gasteiger partial charge is 0.305 e. The normalized spacial score (nSPS) is 20.8. The van der Waals surface area contributed by atoms with Crippen molar-refractivity contribution in [3.63, 3.8) is 0 Å². The molecule has 1 atom stereocenters. The van der Waals surface area contributed by atoms with Gasteiger partial charge in [0, 0.05) is 23.6 Å². The van der Waals surface area contributed by atoms with Crippen molar-refractivity contribution in [1.29, 1.82) is 0 Å². The molecule has 5 heteroatoms. The molecule has 0 saturated carbocycles. The lowest BCUT2D eigenvalue weighted by atomic mass is 10.1. The molecule has 1 aliphatic heterocycles. The van der Waals surface area contributed by atoms with Crippen molar-refractivity contribution in [1.82, 2.24) is 4.90 Å². The molecule has 1 aromatic carbocycles. The first-order chi connectivity index (χ1) is 8.66. The van der Waals surface area contributed by atoms with Gasteiger partial charge in [-0.15, -0.1) is 0 Å². The van der Waals surface area contributed by atoms with E-state index in [4.69, 9.17) is 9.84 Å². The largest absolute Gasteiger partial charge is 0.481 e. The van der Waals surface area contributed by atoms with Gasteiger partial charge in [-0.25, -0.2) is 0 Å². The Bertz CT molecular complexity index is 424. The molecular formula is C13H16BrNO3. The number of halogens is 1. The Labute approximate surface area is 115 Å². The van der Waals surface area contributed by atoms with E-state index < -0.39 is 5.97 Å². The highest BCUT2D eigenvalue weighted by Gasteiger charge is 2.25. The summed E-state index contributed by atoms with van der Waals surface area (Å²) in [4.78, 5) is 13.0. The summed E-state index contributed by atoms with van der Waals surface area (Å²) < 4.78 is 6.43. The first-order valence-corrected chi connectivity index (χ1v) is 6.73. The summed E-state index contributed by atoms with van der Waals surface area (Å²) >= 11 is 3.52. The van der Waals surface area contributed by atoms with Crippen molar-refractivity contribution >= 4 is 21.9 Å². The topological polar surface area (TPSA) is 49.8 Å². The average Bonchev–Trinajstić information content (AvgIpc) is 2.34. The summed E-state index contributed by atoms with van der Waals surface area (Å²) in [6, 6.07) is 7.98. The maximum absolute atomic E-state index is 10.8. The second-order valence-electron chi connectivity index (χ2n) is 4.39. The Morgan fingerprint density at radius 1 is 1.50 bits per heavy atom. The molecule has 18 heavy (non-hydrogen) atoms. The molecule has 1 aromatic rings. The van der Waals surface area contributed by atoms with Crippen molar-refractivity contribution in [3.05, 3.63) is 34.3 Å². The lowest BCUT2D eigenvalue weighted by molar-refractivity contribution is -0.140. The lowest BCUT2D eigenvalue weighted by Crippen LogP contribution is -2.45. The summed E-state index contributed by atoms with van der Waals surface area (Å²) in [7, 11) is 0. The standard InChI is InChI=1S/C13H16BrNO3/c14-12-4-2-1-3-10(12)8-15-5-6-18-9-11(15)7-13(16)17/h1-4,11H,5-9H2,(H,16,17). The number of aliphatic carboxylic acids is 1. The first kappa shape index (κ1) is 13.5. The monoisotopic (exact) mass is 313 g/mol. The van der Waals surface area contributed by atoms with Gasteiger partial charge in [0.05, 0.1) is 19.6 Å². The molecule has 0 aromatic heterocycles. The van der Waals surface area contributed by atoms with Gasteiger partial charge < -0.3 is 9.84 Å². The van der Waals surface area contributed by atoms with Crippen LogP contribution in [0.5, 0.6) is 0 Å². The van der Waals surface area contributed by atoms with Crippen LogP contribution in [0.2, 0.25) is 0 Å². The zero-order valence-corrected chi connectivity index (χ0v) is 11.6. The lowest BCUT2D eigenvalue weighted by Gasteiger charge is -2.35. The van der Waals surface area contributed by atoms with Crippen LogP contribution in [0.25, 0.3) is 0 Å². The molecule has 1 aliphatic rings. The maximum Gasteiger partial charge on any atom is 0.305 e. The number of carbonyl (C=O) groups is 1. The maximum atomic E-state index is 10.8. The Morgan fingerprint density at radius 2 is 2.28 bits per heavy atom. The third-order valence-electron chi connectivity index (χ3n) is 3.09. The van der Waals surface area contributed by atoms with Crippen LogP contribution in [0, 0.1) is 0 Å². The molecule has 1 N–H and O–H groups in total. The minimum Gasteiger partial charge on any atom is -0.481 e. The van der Waals surface area contributed by atoms with E-state index in [9.17, 15) is 4.79 Å². The quantitative estimate of drug-likeness (QED) is 0.925. The van der Waals surface area contributed by atoms with E-state index in [2.05, 4.69) is 26.9 Å². The second kappa shape index (κ2) is 6.31. The summed E-state index contributed by atoms with van der Waals surface area (Å²) in [5.74, 6) is -0.775. The summed E-state index contributed by atoms with van der Waals surface area (Å²) in [5.41, 5.74) is 1.18. The van der Waals surface area contributed by atoms with E-state index in [-0.39, 0.29) is 12.5 Å². The second-order valence-corrected chi connectivity index (χ2v) is 5.24. The summed E-state index contributed by atoms with van der Waals surface area (Å²) in [6.45, 7) is 2.69. The van der Waals surface area contributed by atoms with Crippen LogP contribution < -0.4 is 0 Å². The fourth-order valence-electron chi connectivity index (χ4n) is 2.13. The predicted octanol–water partition coefficient (Wildman–Crippen LogP) is 2.12. The molecule has 4 nitrogen and oxygen atoms in total. The van der Waals surface area contributed by atoms with Crippen LogP contribution in [-0.2, 0) is 16.1 Å². The zero-order valence-electron chi connectivity index (χ0n) is 10.0. The van der Waals surface area contributed by atoms with Crippen LogP contribution in [0.4, 0.5) is 0 Å². The highest BCUT2D eigenvalue weighted by Crippen LogP contribution is 2.21. The Hall–Kier alpha value is -0.910. The number of rotatable bonds is 4. The van der Waals surface area contributed by atoms with E-state index >= 15 is 0 Å². The SMILES string of the molecule is O=C(O)CC1COCCN1Cc1ccccc1Br. The fraction of sp³-hybridized carbons (Fsp3) is 0.462. The molecule has 1 saturated heterocycles. The molecule has 1 fully saturated rings. The molecule has 0 aliphatic carbocycles. The molecule has 98 valence electrons. The van der Waals surface area contributed by atoms with E-state index in [1.54, 1.807) is 0 Å². The summed E-state index contributed by atoms with van der Waals surface area (Å²) in [6.07, 6.45) is 0.129. The average molecular weight is 314 g/mol. The van der Waals surface area contributed by atoms with Gasteiger partial charge >= 0.3 is 5.97 Å². The molecular weight excluding hydrogens is 298 g/mol. The van der Waals surface area contributed by atoms with E-state index in [0.29, 0.717) is 13.2 Å². The van der Waals surface area contributed by atoms with Gasteiger partial charge in [-0.05, 0) is 11.6 Å². The van der Waals surface area contributed by atoms with Gasteiger partial charge in [0.2, 0.25) is 0 Å². The van der Waals surface area contributed by atoms with Crippen LogP contribution in [-0.4, -0.2) is 41.8 Å². The number of hydrogen-bond acceptors (Lipinski definition) is 3. The van der Waals surface area contributed by atoms with Gasteiger partial charge in [0.15, 0.2) is 0 Å². The van der Waals surface area contributed by atoms with Crippen LogP contribution in [0.1, 0.15) is 12.0 Å². The van der Waals surface area contributed by atoms with Gasteiger partial charge in [0.25, 0.3) is 0 Å². The van der Waals surface area contributed by atoms with Gasteiger partial charge in [-0.3, -0.25) is 9.69 Å². The third kappa shape index (κ3) is 3.54. The number of nitrogens with zero attached hydrogens (tertiary/aromatic N) is 1. The van der Waals surface area contributed by atoms with Gasteiger partial charge in [0.1, 0.15) is 0 Å². The van der Waals surface area contributed by atoms with Crippen LogP contribution >= 0.6 is 15.9 Å². The third-order valence-corrected chi connectivity index (χ3v) is 3.86. The number of hydrogen-bond donors (Lipinski definition) is 1.